The van der Waals surface area contributed by atoms with E-state index in [2.05, 4.69) is 20.4 Å². The number of amides is 1. The number of fused-ring (bicyclic) bond motifs is 2. The molecule has 0 saturated heterocycles. The number of aromatic nitrogens is 5. The number of benzene rings is 2. The van der Waals surface area contributed by atoms with Crippen LogP contribution in [0.1, 0.15) is 47.1 Å². The van der Waals surface area contributed by atoms with Crippen LogP contribution in [0.4, 0.5) is 4.39 Å². The van der Waals surface area contributed by atoms with Crippen molar-refractivity contribution in [3.63, 3.8) is 0 Å². The van der Waals surface area contributed by atoms with E-state index < -0.39 is 17.3 Å². The van der Waals surface area contributed by atoms with Crippen molar-refractivity contribution in [3.05, 3.63) is 87.1 Å². The second-order valence-electron chi connectivity index (χ2n) is 8.91. The van der Waals surface area contributed by atoms with Crippen LogP contribution in [0.15, 0.2) is 47.3 Å². The Morgan fingerprint density at radius 3 is 2.68 bits per heavy atom. The summed E-state index contributed by atoms with van der Waals surface area (Å²) < 4.78 is 16.5. The third-order valence-corrected chi connectivity index (χ3v) is 6.00. The second kappa shape index (κ2) is 8.14. The Labute approximate surface area is 193 Å². The molecule has 34 heavy (non-hydrogen) atoms. The van der Waals surface area contributed by atoms with Crippen LogP contribution in [0.3, 0.4) is 0 Å². The zero-order valence-corrected chi connectivity index (χ0v) is 18.7. The molecule has 9 nitrogen and oxygen atoms in total. The molecule has 2 aromatic heterocycles. The van der Waals surface area contributed by atoms with Crippen molar-refractivity contribution in [3.8, 4) is 0 Å². The highest BCUT2D eigenvalue weighted by molar-refractivity contribution is 5.94. The number of halogens is 1. The number of H-pyrrole nitrogens is 1. The molecule has 5 rings (SSSR count). The van der Waals surface area contributed by atoms with E-state index in [4.69, 9.17) is 0 Å². The monoisotopic (exact) mass is 462 g/mol. The zero-order chi connectivity index (χ0) is 24.0. The third kappa shape index (κ3) is 3.86. The summed E-state index contributed by atoms with van der Waals surface area (Å²) in [4.78, 5) is 26.8. The van der Waals surface area contributed by atoms with Gasteiger partial charge in [-0.05, 0) is 37.6 Å². The van der Waals surface area contributed by atoms with Crippen LogP contribution in [-0.2, 0) is 25.1 Å². The first-order chi connectivity index (χ1) is 16.2. The number of rotatable bonds is 4. The molecule has 1 amide bonds. The molecule has 0 atom stereocenters. The lowest BCUT2D eigenvalue weighted by Gasteiger charge is -2.29. The van der Waals surface area contributed by atoms with Crippen LogP contribution in [0.2, 0.25) is 0 Å². The summed E-state index contributed by atoms with van der Waals surface area (Å²) in [6, 6.07) is 11.5. The maximum absolute atomic E-state index is 14.7. The quantitative estimate of drug-likeness (QED) is 0.480. The third-order valence-electron chi connectivity index (χ3n) is 6.00. The first-order valence-electron chi connectivity index (χ1n) is 10.9. The normalized spacial score (nSPS) is 13.8. The second-order valence-corrected chi connectivity index (χ2v) is 8.91. The lowest BCUT2D eigenvalue weighted by Crippen LogP contribution is -2.40. The van der Waals surface area contributed by atoms with E-state index in [1.807, 2.05) is 12.1 Å². The van der Waals surface area contributed by atoms with E-state index >= 15 is 0 Å². The van der Waals surface area contributed by atoms with E-state index in [1.165, 1.54) is 17.0 Å². The van der Waals surface area contributed by atoms with Crippen LogP contribution in [0.5, 0.6) is 0 Å². The Kier molecular flexibility index (Phi) is 5.24. The average molecular weight is 462 g/mol. The van der Waals surface area contributed by atoms with Crippen LogP contribution in [0, 0.1) is 5.82 Å². The van der Waals surface area contributed by atoms with Gasteiger partial charge in [-0.3, -0.25) is 9.59 Å². The molecule has 0 unspecified atom stereocenters. The standard InChI is InChI=1S/C24H23FN6O3/c1-24(2,34)23-29-27-20-13-30(9-10-31(20)23)22(33)17-11-14(7-8-18(17)25)12-19-15-5-3-4-6-16(15)21(32)28-26-19/h3-8,11,34H,9-10,12-13H2,1-2H3,(H,28,32). The number of hydrogen-bond acceptors (Lipinski definition) is 6. The maximum atomic E-state index is 14.7. The summed E-state index contributed by atoms with van der Waals surface area (Å²) in [6.45, 7) is 4.16. The molecule has 174 valence electrons. The van der Waals surface area contributed by atoms with Crippen molar-refractivity contribution in [2.45, 2.75) is 39.0 Å². The summed E-state index contributed by atoms with van der Waals surface area (Å²) >= 11 is 0. The van der Waals surface area contributed by atoms with Gasteiger partial charge >= 0.3 is 0 Å². The van der Waals surface area contributed by atoms with Crippen LogP contribution < -0.4 is 5.56 Å². The molecule has 2 N–H and O–H groups in total. The van der Waals surface area contributed by atoms with Gasteiger partial charge in [0.05, 0.1) is 23.2 Å². The smallest absolute Gasteiger partial charge is 0.272 e. The molecule has 1 aliphatic rings. The highest BCUT2D eigenvalue weighted by Gasteiger charge is 2.31. The first kappa shape index (κ1) is 21.9. The molecule has 0 aliphatic carbocycles. The predicted octanol–water partition coefficient (Wildman–Crippen LogP) is 2.13. The largest absolute Gasteiger partial charge is 0.382 e. The minimum Gasteiger partial charge on any atom is -0.382 e. The van der Waals surface area contributed by atoms with Gasteiger partial charge in [0, 0.05) is 24.9 Å². The Morgan fingerprint density at radius 1 is 1.15 bits per heavy atom. The van der Waals surface area contributed by atoms with Crippen molar-refractivity contribution in [2.75, 3.05) is 6.54 Å². The maximum Gasteiger partial charge on any atom is 0.272 e. The van der Waals surface area contributed by atoms with E-state index in [1.54, 1.807) is 36.6 Å². The SMILES string of the molecule is CC(C)(O)c1nnc2n1CCN(C(=O)c1cc(Cc3n[nH]c(=O)c4ccccc34)ccc1F)C2. The minimum atomic E-state index is -1.15. The Balaban J connectivity index is 1.42. The van der Waals surface area contributed by atoms with Gasteiger partial charge in [0.1, 0.15) is 11.4 Å². The predicted molar refractivity (Wildman–Crippen MR) is 122 cm³/mol. The first-order valence-corrected chi connectivity index (χ1v) is 10.9. The van der Waals surface area contributed by atoms with Crippen LogP contribution >= 0.6 is 0 Å². The number of carbonyl (C=O) groups excluding carboxylic acids is 1. The molecule has 0 radical (unpaired) electrons. The Morgan fingerprint density at radius 2 is 1.91 bits per heavy atom. The molecule has 4 aromatic rings. The molecule has 10 heteroatoms. The van der Waals surface area contributed by atoms with Crippen molar-refractivity contribution in [1.29, 1.82) is 0 Å². The van der Waals surface area contributed by atoms with E-state index in [0.29, 0.717) is 53.2 Å². The van der Waals surface area contributed by atoms with Gasteiger partial charge in [-0.25, -0.2) is 9.49 Å². The highest BCUT2D eigenvalue weighted by atomic mass is 19.1. The van der Waals surface area contributed by atoms with Crippen molar-refractivity contribution in [2.24, 2.45) is 0 Å². The fraction of sp³-hybridized carbons (Fsp3) is 0.292. The molecule has 2 aromatic carbocycles. The molecular formula is C24H23FN6O3. The van der Waals surface area contributed by atoms with E-state index in [0.717, 1.165) is 0 Å². The van der Waals surface area contributed by atoms with Gasteiger partial charge < -0.3 is 14.6 Å². The van der Waals surface area contributed by atoms with Gasteiger partial charge in [0.15, 0.2) is 11.6 Å². The molecule has 0 fully saturated rings. The van der Waals surface area contributed by atoms with Crippen molar-refractivity contribution >= 4 is 16.7 Å². The number of nitrogens with zero attached hydrogens (tertiary/aromatic N) is 5. The van der Waals surface area contributed by atoms with Gasteiger partial charge in [-0.15, -0.1) is 10.2 Å². The van der Waals surface area contributed by atoms with E-state index in [9.17, 15) is 19.1 Å². The number of aliphatic hydroxyl groups is 1. The number of nitrogens with one attached hydrogen (secondary N) is 1. The zero-order valence-electron chi connectivity index (χ0n) is 18.7. The average Bonchev–Trinajstić information content (AvgIpc) is 3.26. The topological polar surface area (TPSA) is 117 Å². The van der Waals surface area contributed by atoms with Crippen molar-refractivity contribution in [1.82, 2.24) is 29.9 Å². The lowest BCUT2D eigenvalue weighted by atomic mass is 10.0. The summed E-state index contributed by atoms with van der Waals surface area (Å²) in [5.41, 5.74) is -0.149. The summed E-state index contributed by atoms with van der Waals surface area (Å²) in [5.74, 6) is -0.0874. The van der Waals surface area contributed by atoms with Crippen molar-refractivity contribution < 1.29 is 14.3 Å². The van der Waals surface area contributed by atoms with Gasteiger partial charge in [-0.1, -0.05) is 24.3 Å². The molecule has 3 heterocycles. The molecular weight excluding hydrogens is 439 g/mol. The van der Waals surface area contributed by atoms with Gasteiger partial charge in [0.2, 0.25) is 0 Å². The lowest BCUT2D eigenvalue weighted by molar-refractivity contribution is 0.0588. The summed E-state index contributed by atoms with van der Waals surface area (Å²) in [7, 11) is 0. The summed E-state index contributed by atoms with van der Waals surface area (Å²) in [5, 5.41) is 26.4. The number of carbonyl (C=O) groups is 1. The fourth-order valence-corrected chi connectivity index (χ4v) is 4.30. The Bertz CT molecular complexity index is 1470. The minimum absolute atomic E-state index is 0.0399. The fourth-order valence-electron chi connectivity index (χ4n) is 4.30. The molecule has 0 spiro atoms. The van der Waals surface area contributed by atoms with E-state index in [-0.39, 0.29) is 17.7 Å². The number of hydrogen-bond donors (Lipinski definition) is 2. The summed E-state index contributed by atoms with van der Waals surface area (Å²) in [6.07, 6.45) is 0.321. The molecule has 1 aliphatic heterocycles. The molecule has 0 saturated carbocycles. The van der Waals surface area contributed by atoms with Gasteiger partial charge in [0.25, 0.3) is 11.5 Å². The highest BCUT2D eigenvalue weighted by Crippen LogP contribution is 2.24. The Hall–Kier alpha value is -3.92. The molecule has 0 bridgehead atoms. The van der Waals surface area contributed by atoms with Crippen LogP contribution in [-0.4, -0.2) is 47.4 Å². The number of aromatic amines is 1. The van der Waals surface area contributed by atoms with Gasteiger partial charge in [-0.2, -0.15) is 5.10 Å². The van der Waals surface area contributed by atoms with Crippen LogP contribution in [0.25, 0.3) is 10.8 Å².